The average Bonchev–Trinajstić information content (AvgIpc) is 3.43. The molecule has 3 aromatic rings. The summed E-state index contributed by atoms with van der Waals surface area (Å²) >= 11 is 1.29. The molecule has 4 rings (SSSR count). The van der Waals surface area contributed by atoms with Crippen LogP contribution in [-0.2, 0) is 16.6 Å². The van der Waals surface area contributed by atoms with Gasteiger partial charge in [0.05, 0.1) is 28.1 Å². The van der Waals surface area contributed by atoms with Gasteiger partial charge in [-0.05, 0) is 44.0 Å². The lowest BCUT2D eigenvalue weighted by Crippen LogP contribution is -2.35. The third-order valence-corrected chi connectivity index (χ3v) is 7.46. The van der Waals surface area contributed by atoms with Crippen LogP contribution in [0.5, 0.6) is 0 Å². The standard InChI is InChI=1S/C22H25F2N5O2S2/c1-13-8-19(33(25,30)31)21(24)20(18-11-32-12-26-18)22(13)28(3)15-6-7-29(9-15)10-17-16(23)5-4-14(2)27-17/h4-5,8,11-12,15H,6-7,9-10H2,1-3H3,(H2,25,30,31). The quantitative estimate of drug-likeness (QED) is 0.566. The van der Waals surface area contributed by atoms with Crippen molar-refractivity contribution in [2.45, 2.75) is 37.8 Å². The van der Waals surface area contributed by atoms with Gasteiger partial charge >= 0.3 is 0 Å². The van der Waals surface area contributed by atoms with Crippen molar-refractivity contribution < 1.29 is 17.2 Å². The minimum atomic E-state index is -4.25. The summed E-state index contributed by atoms with van der Waals surface area (Å²) in [6.45, 7) is 5.29. The number of anilines is 1. The van der Waals surface area contributed by atoms with Gasteiger partial charge in [-0.15, -0.1) is 11.3 Å². The van der Waals surface area contributed by atoms with Crippen LogP contribution in [-0.4, -0.2) is 49.5 Å². The van der Waals surface area contributed by atoms with Crippen LogP contribution in [0.4, 0.5) is 14.5 Å². The zero-order valence-corrected chi connectivity index (χ0v) is 20.2. The molecule has 1 aliphatic heterocycles. The zero-order chi connectivity index (χ0) is 23.9. The van der Waals surface area contributed by atoms with Crippen molar-refractivity contribution >= 4 is 27.0 Å². The molecule has 11 heteroatoms. The summed E-state index contributed by atoms with van der Waals surface area (Å²) in [5, 5.41) is 6.94. The fourth-order valence-electron chi connectivity index (χ4n) is 4.35. The van der Waals surface area contributed by atoms with Crippen molar-refractivity contribution in [1.82, 2.24) is 14.9 Å². The maximum absolute atomic E-state index is 15.5. The Hall–Kier alpha value is -2.47. The van der Waals surface area contributed by atoms with E-state index in [1.54, 1.807) is 23.9 Å². The number of aromatic nitrogens is 2. The number of primary sulfonamides is 1. The highest BCUT2D eigenvalue weighted by molar-refractivity contribution is 7.89. The number of sulfonamides is 1. The Morgan fingerprint density at radius 2 is 2.06 bits per heavy atom. The molecule has 176 valence electrons. The lowest BCUT2D eigenvalue weighted by molar-refractivity contribution is 0.315. The first-order valence-corrected chi connectivity index (χ1v) is 12.9. The molecule has 1 saturated heterocycles. The molecule has 1 unspecified atom stereocenters. The van der Waals surface area contributed by atoms with Crippen molar-refractivity contribution in [3.63, 3.8) is 0 Å². The van der Waals surface area contributed by atoms with Gasteiger partial charge in [0, 0.05) is 43.8 Å². The van der Waals surface area contributed by atoms with E-state index >= 15 is 4.39 Å². The highest BCUT2D eigenvalue weighted by Gasteiger charge is 2.32. The third kappa shape index (κ3) is 4.77. The van der Waals surface area contributed by atoms with Crippen LogP contribution < -0.4 is 10.0 Å². The van der Waals surface area contributed by atoms with Crippen LogP contribution in [0.25, 0.3) is 11.3 Å². The summed E-state index contributed by atoms with van der Waals surface area (Å²) in [4.78, 5) is 12.1. The molecule has 0 aliphatic carbocycles. The van der Waals surface area contributed by atoms with Crippen molar-refractivity contribution in [2.24, 2.45) is 5.14 Å². The number of benzene rings is 1. The Kier molecular flexibility index (Phi) is 6.50. The Labute approximate surface area is 195 Å². The van der Waals surface area contributed by atoms with Crippen LogP contribution in [0.2, 0.25) is 0 Å². The van der Waals surface area contributed by atoms with E-state index in [0.29, 0.717) is 35.7 Å². The minimum Gasteiger partial charge on any atom is -0.369 e. The van der Waals surface area contributed by atoms with Gasteiger partial charge < -0.3 is 4.90 Å². The molecule has 2 aromatic heterocycles. The van der Waals surface area contributed by atoms with Crippen molar-refractivity contribution in [1.29, 1.82) is 0 Å². The lowest BCUT2D eigenvalue weighted by atomic mass is 10.0. The first-order valence-electron chi connectivity index (χ1n) is 10.4. The summed E-state index contributed by atoms with van der Waals surface area (Å²) in [7, 11) is -2.40. The molecule has 33 heavy (non-hydrogen) atoms. The summed E-state index contributed by atoms with van der Waals surface area (Å²) in [5.41, 5.74) is 4.35. The third-order valence-electron chi connectivity index (χ3n) is 5.97. The van der Waals surface area contributed by atoms with Gasteiger partial charge in [-0.1, -0.05) is 0 Å². The molecular weight excluding hydrogens is 468 g/mol. The van der Waals surface area contributed by atoms with E-state index in [1.807, 2.05) is 18.9 Å². The molecule has 0 spiro atoms. The van der Waals surface area contributed by atoms with E-state index in [9.17, 15) is 12.8 Å². The predicted molar refractivity (Wildman–Crippen MR) is 125 cm³/mol. The molecule has 3 heterocycles. The van der Waals surface area contributed by atoms with Crippen LogP contribution in [0.1, 0.15) is 23.4 Å². The highest BCUT2D eigenvalue weighted by Crippen LogP contribution is 2.40. The second-order valence-corrected chi connectivity index (χ2v) is 10.6. The van der Waals surface area contributed by atoms with Crippen LogP contribution >= 0.6 is 11.3 Å². The summed E-state index contributed by atoms with van der Waals surface area (Å²) in [5.74, 6) is -1.24. The van der Waals surface area contributed by atoms with Gasteiger partial charge in [-0.2, -0.15) is 0 Å². The number of likely N-dealkylation sites (N-methyl/N-ethyl adjacent to an activating group) is 1. The molecule has 1 aliphatic rings. The van der Waals surface area contributed by atoms with Gasteiger partial charge in [0.15, 0.2) is 5.82 Å². The molecule has 1 fully saturated rings. The van der Waals surface area contributed by atoms with E-state index in [4.69, 9.17) is 5.14 Å². The number of rotatable bonds is 6. The van der Waals surface area contributed by atoms with Crippen LogP contribution in [0.15, 0.2) is 34.0 Å². The van der Waals surface area contributed by atoms with Crippen molar-refractivity contribution in [2.75, 3.05) is 25.0 Å². The summed E-state index contributed by atoms with van der Waals surface area (Å²) in [6.07, 6.45) is 0.776. The molecule has 0 bridgehead atoms. The molecule has 0 amide bonds. The topological polar surface area (TPSA) is 92.4 Å². The van der Waals surface area contributed by atoms with Crippen molar-refractivity contribution in [3.05, 3.63) is 57.7 Å². The average molecular weight is 494 g/mol. The lowest BCUT2D eigenvalue weighted by Gasteiger charge is -2.31. The predicted octanol–water partition coefficient (Wildman–Crippen LogP) is 3.46. The van der Waals surface area contributed by atoms with Gasteiger partial charge in [-0.3, -0.25) is 9.88 Å². The largest absolute Gasteiger partial charge is 0.369 e. The first kappa shape index (κ1) is 23.7. The van der Waals surface area contributed by atoms with Gasteiger partial charge in [0.1, 0.15) is 10.7 Å². The molecule has 0 saturated carbocycles. The van der Waals surface area contributed by atoms with Gasteiger partial charge in [0.2, 0.25) is 10.0 Å². The number of hydrogen-bond donors (Lipinski definition) is 1. The minimum absolute atomic E-state index is 0.00805. The molecule has 2 N–H and O–H groups in total. The zero-order valence-electron chi connectivity index (χ0n) is 18.5. The number of hydrogen-bond acceptors (Lipinski definition) is 7. The van der Waals surface area contributed by atoms with E-state index in [2.05, 4.69) is 14.9 Å². The number of thiazole rings is 1. The fraction of sp³-hybridized carbons (Fsp3) is 0.364. The summed E-state index contributed by atoms with van der Waals surface area (Å²) < 4.78 is 53.7. The van der Waals surface area contributed by atoms with Crippen LogP contribution in [0.3, 0.4) is 0 Å². The molecular formula is C22H25F2N5O2S2. The second kappa shape index (κ2) is 9.05. The Morgan fingerprint density at radius 1 is 1.30 bits per heavy atom. The fourth-order valence-corrected chi connectivity index (χ4v) is 5.59. The molecule has 1 aromatic carbocycles. The number of halogens is 2. The van der Waals surface area contributed by atoms with E-state index in [-0.39, 0.29) is 17.4 Å². The Balaban J connectivity index is 1.67. The highest BCUT2D eigenvalue weighted by atomic mass is 32.2. The van der Waals surface area contributed by atoms with Crippen molar-refractivity contribution in [3.8, 4) is 11.3 Å². The molecule has 7 nitrogen and oxygen atoms in total. The van der Waals surface area contributed by atoms with E-state index in [1.165, 1.54) is 23.5 Å². The first-order chi connectivity index (χ1) is 15.6. The maximum Gasteiger partial charge on any atom is 0.241 e. The Morgan fingerprint density at radius 3 is 2.73 bits per heavy atom. The van der Waals surface area contributed by atoms with E-state index < -0.39 is 20.7 Å². The summed E-state index contributed by atoms with van der Waals surface area (Å²) in [6, 6.07) is 4.35. The molecule has 0 radical (unpaired) electrons. The second-order valence-electron chi connectivity index (χ2n) is 8.32. The maximum atomic E-state index is 15.5. The number of nitrogens with two attached hydrogens (primary N) is 1. The van der Waals surface area contributed by atoms with E-state index in [0.717, 1.165) is 18.7 Å². The number of aryl methyl sites for hydroxylation is 2. The Bertz CT molecular complexity index is 1280. The van der Waals surface area contributed by atoms with Gasteiger partial charge in [0.25, 0.3) is 0 Å². The number of nitrogens with zero attached hydrogens (tertiary/aromatic N) is 4. The van der Waals surface area contributed by atoms with Gasteiger partial charge in [-0.25, -0.2) is 27.3 Å². The number of likely N-dealkylation sites (tertiary alicyclic amines) is 1. The van der Waals surface area contributed by atoms with Crippen LogP contribution in [0, 0.1) is 25.5 Å². The number of pyridine rings is 1. The molecule has 1 atom stereocenters. The SMILES string of the molecule is Cc1ccc(F)c(CN2CCC(N(C)c3c(C)cc(S(N)(=O)=O)c(F)c3-c3cscn3)C2)n1. The normalized spacial score (nSPS) is 17.0. The monoisotopic (exact) mass is 493 g/mol. The smallest absolute Gasteiger partial charge is 0.241 e.